The molecule has 8 aromatic rings. The van der Waals surface area contributed by atoms with Gasteiger partial charge in [-0.05, 0) is 150 Å². The number of aliphatic carboxylic acids is 1. The number of carboxylic acids is 1. The molecular weight excluding hydrogens is 2120 g/mol. The number of thiocarbonyl (C=S) groups is 4. The normalized spacial score (nSPS) is 20.3. The van der Waals surface area contributed by atoms with Crippen molar-refractivity contribution < 1.29 is 62.8 Å². The molecule has 34 nitrogen and oxygen atoms in total. The van der Waals surface area contributed by atoms with Crippen LogP contribution in [0.2, 0.25) is 0 Å². The van der Waals surface area contributed by atoms with Crippen LogP contribution < -0.4 is 43.5 Å². The number of rotatable bonds is 40. The van der Waals surface area contributed by atoms with Gasteiger partial charge in [0.05, 0.1) is 112 Å². The molecule has 148 heavy (non-hydrogen) atoms. The maximum absolute atomic E-state index is 13.5. The SMILES string of the molecule is CC(=O)O.CCCCCCCCNc1nc2c(C)cccn2c(=O)c1/C=C1\SC(=S)N(C2CCS(=O)(=O)C2)C1=O.CCCCCCCCNc1nc2c(C)cccn2c(=O)c1/C=C1\SC(=S)N(C2CCS(=O)(=O)C2)C1=O.CCCCCCCCNc1nc2c(C)cccn2c(=O)c1/C=C1\SC(=S)N(C2CCS(=O)(=O)C2)C1=O.CCCCCCCCNc1nc2c(C)cccn2c(=O)c1/C=C1\SC(=S)N(C2CCS(=O)(=O)C2)C1=O. The number of aryl methyl sites for hydroxylation is 4. The molecule has 8 saturated heterocycles. The van der Waals surface area contributed by atoms with Gasteiger partial charge in [0.2, 0.25) is 0 Å². The molecule has 0 saturated carbocycles. The smallest absolute Gasteiger partial charge is 0.300 e. The zero-order valence-electron chi connectivity index (χ0n) is 85.0. The van der Waals surface area contributed by atoms with Crippen molar-refractivity contribution in [3.05, 3.63) is 179 Å². The van der Waals surface area contributed by atoms with E-state index in [4.69, 9.17) is 78.7 Å². The second-order valence-electron chi connectivity index (χ2n) is 38.0. The summed E-state index contributed by atoms with van der Waals surface area (Å²) in [6, 6.07) is 12.9. The third-order valence-corrected chi connectivity index (χ3v) is 38.6. The first-order valence-electron chi connectivity index (χ1n) is 50.7. The lowest BCUT2D eigenvalue weighted by atomic mass is 10.1. The minimum Gasteiger partial charge on any atom is -0.481 e. The van der Waals surface area contributed by atoms with Crippen LogP contribution in [0.4, 0.5) is 23.3 Å². The zero-order valence-corrected chi connectivity index (χ0v) is 94.8. The number of thioether (sulfide) groups is 4. The van der Waals surface area contributed by atoms with Crippen LogP contribution in [0, 0.1) is 27.7 Å². The van der Waals surface area contributed by atoms with Gasteiger partial charge in [0, 0.05) is 57.9 Å². The van der Waals surface area contributed by atoms with Gasteiger partial charge >= 0.3 is 0 Å². The molecule has 16 rings (SSSR count). The maximum atomic E-state index is 13.5. The second-order valence-corrected chi connectivity index (χ2v) is 53.6. The highest BCUT2D eigenvalue weighted by Gasteiger charge is 2.47. The highest BCUT2D eigenvalue weighted by molar-refractivity contribution is 8.28. The summed E-state index contributed by atoms with van der Waals surface area (Å²) >= 11 is 26.1. The number of hydrogen-bond acceptors (Lipinski definition) is 33. The molecule has 8 aliphatic heterocycles. The van der Waals surface area contributed by atoms with Crippen molar-refractivity contribution >= 4 is 252 Å². The van der Waals surface area contributed by atoms with E-state index in [0.29, 0.717) is 157 Å². The van der Waals surface area contributed by atoms with Crippen LogP contribution in [-0.4, -0.2) is 239 Å². The molecule has 8 aliphatic rings. The molecule has 4 unspecified atom stereocenters. The molecule has 0 spiro atoms. The Morgan fingerprint density at radius 2 is 0.520 bits per heavy atom. The number of aromatic nitrogens is 8. The minimum atomic E-state index is -3.17. The van der Waals surface area contributed by atoms with E-state index in [1.807, 2.05) is 52.0 Å². The summed E-state index contributed by atoms with van der Waals surface area (Å²) < 4.78 is 103. The van der Waals surface area contributed by atoms with E-state index in [1.54, 1.807) is 73.4 Å². The zero-order chi connectivity index (χ0) is 107. The van der Waals surface area contributed by atoms with E-state index >= 15 is 0 Å². The predicted octanol–water partition coefficient (Wildman–Crippen LogP) is 16.7. The lowest BCUT2D eigenvalue weighted by molar-refractivity contribution is -0.134. The summed E-state index contributed by atoms with van der Waals surface area (Å²) in [4.78, 5) is 142. The van der Waals surface area contributed by atoms with Crippen molar-refractivity contribution in [2.45, 2.75) is 266 Å². The lowest BCUT2D eigenvalue weighted by Gasteiger charge is -2.20. The third-order valence-electron chi connectivity index (χ3n) is 26.3. The van der Waals surface area contributed by atoms with E-state index < -0.39 is 69.5 Å². The molecule has 5 N–H and O–H groups in total. The van der Waals surface area contributed by atoms with Crippen molar-refractivity contribution in [2.24, 2.45) is 0 Å². The first kappa shape index (κ1) is 117. The first-order valence-corrected chi connectivity index (χ1v) is 62.9. The number of hydrogen-bond donors (Lipinski definition) is 5. The third kappa shape index (κ3) is 30.5. The number of carbonyl (C=O) groups is 5. The van der Waals surface area contributed by atoms with Crippen molar-refractivity contribution in [3.8, 4) is 0 Å². The Bertz CT molecular complexity index is 6430. The fourth-order valence-corrected chi connectivity index (χ4v) is 30.7. The number of nitrogens with one attached hydrogen (secondary N) is 4. The monoisotopic (exact) mass is 2250 g/mol. The number of carbonyl (C=O) groups excluding carboxylic acids is 4. The van der Waals surface area contributed by atoms with Gasteiger partial charge in [0.25, 0.3) is 51.8 Å². The number of pyridine rings is 4. The first-order chi connectivity index (χ1) is 70.6. The van der Waals surface area contributed by atoms with Gasteiger partial charge in [0.1, 0.15) is 63.1 Å². The van der Waals surface area contributed by atoms with Crippen molar-refractivity contribution in [2.75, 3.05) is 93.5 Å². The summed E-state index contributed by atoms with van der Waals surface area (Å²) in [6.07, 6.45) is 41.9. The van der Waals surface area contributed by atoms with Crippen molar-refractivity contribution in [1.82, 2.24) is 57.1 Å². The van der Waals surface area contributed by atoms with Crippen LogP contribution >= 0.6 is 95.9 Å². The van der Waals surface area contributed by atoms with Crippen LogP contribution in [0.5, 0.6) is 0 Å². The van der Waals surface area contributed by atoms with Crippen molar-refractivity contribution in [3.63, 3.8) is 0 Å². The Morgan fingerprint density at radius 1 is 0.338 bits per heavy atom. The summed E-state index contributed by atoms with van der Waals surface area (Å²) in [5.41, 5.74) is 5.83. The standard InChI is InChI=1S/4C25H32N4O4S3.C2H4O2/c4*1-3-4-5-6-7-8-12-26-21-19(23(30)28-13-9-10-17(2)22(28)27-21)15-20-24(31)29(25(34)35-20)18-11-14-36(32,33)16-18;1-2(3)4/h4*9-10,13,15,18,26H,3-8,11-12,14,16H2,1-2H3;1H3,(H,3,4)/b4*20-15-;. The highest BCUT2D eigenvalue weighted by atomic mass is 32.2. The van der Waals surface area contributed by atoms with Gasteiger partial charge in [-0.1, -0.05) is 276 Å². The predicted molar refractivity (Wildman–Crippen MR) is 614 cm³/mol. The number of fused-ring (bicyclic) bond motifs is 4. The quantitative estimate of drug-likeness (QED) is 0.0135. The number of anilines is 4. The van der Waals surface area contributed by atoms with E-state index in [-0.39, 0.29) is 91.9 Å². The van der Waals surface area contributed by atoms with Gasteiger partial charge in [-0.3, -0.25) is 80.4 Å². The minimum absolute atomic E-state index is 0.0512. The second kappa shape index (κ2) is 54.2. The number of sulfone groups is 4. The van der Waals surface area contributed by atoms with Crippen LogP contribution in [0.1, 0.15) is 259 Å². The largest absolute Gasteiger partial charge is 0.481 e. The molecule has 0 bridgehead atoms. The average Bonchev–Trinajstić information content (AvgIpc) is 1.24. The van der Waals surface area contributed by atoms with Crippen LogP contribution in [0.3, 0.4) is 0 Å². The van der Waals surface area contributed by atoms with Gasteiger partial charge in [-0.25, -0.2) is 53.6 Å². The number of amides is 4. The fraction of sp³-hybridized carbons (Fsp3) is 0.520. The topological polar surface area (TPSA) is 441 Å². The molecule has 8 fully saturated rings. The average molecular weight is 2260 g/mol. The Hall–Kier alpha value is -9.49. The molecule has 0 aliphatic carbocycles. The molecule has 4 amide bonds. The highest BCUT2D eigenvalue weighted by Crippen LogP contribution is 2.42. The summed E-state index contributed by atoms with van der Waals surface area (Å²) in [5, 5.41) is 20.7. The molecule has 8 aromatic heterocycles. The van der Waals surface area contributed by atoms with Gasteiger partial charge in [-0.15, -0.1) is 0 Å². The number of unbranched alkanes of at least 4 members (excludes halogenated alkanes) is 20. The summed E-state index contributed by atoms with van der Waals surface area (Å²) in [5.74, 6) is -0.642. The van der Waals surface area contributed by atoms with Crippen LogP contribution in [-0.2, 0) is 63.3 Å². The Labute approximate surface area is 903 Å². The fourth-order valence-electron chi connectivity index (χ4n) is 18.4. The molecule has 4 atom stereocenters. The molecule has 16 heterocycles. The van der Waals surface area contributed by atoms with Gasteiger partial charge in [0.15, 0.2) is 39.3 Å². The molecule has 46 heteroatoms. The van der Waals surface area contributed by atoms with Crippen LogP contribution in [0.15, 0.2) is 112 Å². The van der Waals surface area contributed by atoms with Crippen molar-refractivity contribution in [1.29, 1.82) is 0 Å². The molecule has 800 valence electrons. The Balaban J connectivity index is 0.000000173. The van der Waals surface area contributed by atoms with E-state index in [2.05, 4.69) is 49.0 Å². The molecule has 0 radical (unpaired) electrons. The number of nitrogens with zero attached hydrogens (tertiary/aromatic N) is 12. The summed E-state index contributed by atoms with van der Waals surface area (Å²) in [6.45, 7) is 20.1. The Morgan fingerprint density at radius 3 is 0.696 bits per heavy atom. The van der Waals surface area contributed by atoms with Gasteiger partial charge in [-0.2, -0.15) is 0 Å². The van der Waals surface area contributed by atoms with Crippen LogP contribution in [0.25, 0.3) is 46.9 Å². The van der Waals surface area contributed by atoms with Gasteiger partial charge < -0.3 is 26.4 Å². The van der Waals surface area contributed by atoms with E-state index in [0.717, 1.165) is 128 Å². The lowest BCUT2D eigenvalue weighted by Crippen LogP contribution is -2.39. The van der Waals surface area contributed by atoms with E-state index in [1.165, 1.54) is 140 Å². The molecule has 0 aromatic carbocycles. The number of carboxylic acid groups (broad SMARTS) is 1. The Kier molecular flexibility index (Phi) is 42.9. The summed E-state index contributed by atoms with van der Waals surface area (Å²) in [7, 11) is -12.7. The maximum Gasteiger partial charge on any atom is 0.300 e. The molecular formula is C102H132N16O18S12. The van der Waals surface area contributed by atoms with E-state index in [9.17, 15) is 72.0 Å².